The van der Waals surface area contributed by atoms with Crippen LogP contribution in [0.25, 0.3) is 0 Å². The third kappa shape index (κ3) is 4.20. The van der Waals surface area contributed by atoms with Crippen molar-refractivity contribution >= 4 is 23.2 Å². The molecule has 0 atom stereocenters. The van der Waals surface area contributed by atoms with Crippen LogP contribution >= 0.6 is 0 Å². The van der Waals surface area contributed by atoms with E-state index in [4.69, 9.17) is 20.7 Å². The molecule has 7 heteroatoms. The SMILES string of the molecule is CC(C)(C)c1cc(N(C(N)=O)c2ccc(Oc3ccc(N)cc3)cc2)no1. The van der Waals surface area contributed by atoms with Gasteiger partial charge in [0, 0.05) is 17.2 Å². The molecular formula is C20H22N4O3. The Bertz CT molecular complexity index is 925. The Morgan fingerprint density at radius 1 is 1.04 bits per heavy atom. The summed E-state index contributed by atoms with van der Waals surface area (Å²) in [6.45, 7) is 5.99. The Kier molecular flexibility index (Phi) is 4.77. The predicted molar refractivity (Wildman–Crippen MR) is 104 cm³/mol. The molecule has 0 saturated carbocycles. The van der Waals surface area contributed by atoms with Gasteiger partial charge in [-0.1, -0.05) is 25.9 Å². The van der Waals surface area contributed by atoms with Gasteiger partial charge in [-0.25, -0.2) is 9.69 Å². The second kappa shape index (κ2) is 7.03. The summed E-state index contributed by atoms with van der Waals surface area (Å²) < 4.78 is 11.1. The zero-order valence-corrected chi connectivity index (χ0v) is 15.5. The molecule has 3 rings (SSSR count). The Morgan fingerprint density at radius 3 is 2.07 bits per heavy atom. The lowest BCUT2D eigenvalue weighted by molar-refractivity contribution is 0.255. The highest BCUT2D eigenvalue weighted by Gasteiger charge is 2.24. The van der Waals surface area contributed by atoms with E-state index in [2.05, 4.69) is 5.16 Å². The fourth-order valence-corrected chi connectivity index (χ4v) is 2.43. The Hall–Kier alpha value is -3.48. The molecular weight excluding hydrogens is 344 g/mol. The van der Waals surface area contributed by atoms with Crippen molar-refractivity contribution in [2.75, 3.05) is 10.6 Å². The third-order valence-corrected chi connectivity index (χ3v) is 3.90. The van der Waals surface area contributed by atoms with Crippen LogP contribution in [-0.2, 0) is 5.41 Å². The van der Waals surface area contributed by atoms with Crippen molar-refractivity contribution < 1.29 is 14.1 Å². The highest BCUT2D eigenvalue weighted by atomic mass is 16.5. The zero-order chi connectivity index (χ0) is 19.6. The van der Waals surface area contributed by atoms with E-state index in [1.54, 1.807) is 54.6 Å². The van der Waals surface area contributed by atoms with E-state index in [9.17, 15) is 4.79 Å². The van der Waals surface area contributed by atoms with Gasteiger partial charge in [-0.15, -0.1) is 0 Å². The van der Waals surface area contributed by atoms with Gasteiger partial charge in [0.15, 0.2) is 5.82 Å². The van der Waals surface area contributed by atoms with E-state index in [0.717, 1.165) is 0 Å². The molecule has 7 nitrogen and oxygen atoms in total. The van der Waals surface area contributed by atoms with Gasteiger partial charge in [0.1, 0.15) is 17.3 Å². The number of urea groups is 1. The fourth-order valence-electron chi connectivity index (χ4n) is 2.43. The van der Waals surface area contributed by atoms with Crippen LogP contribution in [0.2, 0.25) is 0 Å². The highest BCUT2D eigenvalue weighted by Crippen LogP contribution is 2.31. The van der Waals surface area contributed by atoms with Gasteiger partial charge in [-0.05, 0) is 48.5 Å². The normalized spacial score (nSPS) is 11.2. The molecule has 4 N–H and O–H groups in total. The number of amides is 2. The summed E-state index contributed by atoms with van der Waals surface area (Å²) in [5.74, 6) is 2.27. The van der Waals surface area contributed by atoms with Gasteiger partial charge in [0.2, 0.25) is 0 Å². The van der Waals surface area contributed by atoms with Crippen LogP contribution in [-0.4, -0.2) is 11.2 Å². The van der Waals surface area contributed by atoms with E-state index in [1.165, 1.54) is 4.90 Å². The topological polar surface area (TPSA) is 108 Å². The molecule has 1 heterocycles. The minimum Gasteiger partial charge on any atom is -0.457 e. The van der Waals surface area contributed by atoms with E-state index < -0.39 is 6.03 Å². The van der Waals surface area contributed by atoms with E-state index in [-0.39, 0.29) is 5.41 Å². The number of primary amides is 1. The second-order valence-electron chi connectivity index (χ2n) is 7.14. The summed E-state index contributed by atoms with van der Waals surface area (Å²) in [7, 11) is 0. The molecule has 1 aromatic heterocycles. The molecule has 0 fully saturated rings. The van der Waals surface area contributed by atoms with Crippen molar-refractivity contribution in [2.24, 2.45) is 5.73 Å². The number of nitrogens with zero attached hydrogens (tertiary/aromatic N) is 2. The van der Waals surface area contributed by atoms with Crippen molar-refractivity contribution in [3.8, 4) is 11.5 Å². The first-order chi connectivity index (χ1) is 12.7. The molecule has 0 aliphatic carbocycles. The van der Waals surface area contributed by atoms with Crippen LogP contribution in [0.1, 0.15) is 26.5 Å². The van der Waals surface area contributed by atoms with Gasteiger partial charge in [-0.2, -0.15) is 0 Å². The number of hydrogen-bond donors (Lipinski definition) is 2. The van der Waals surface area contributed by atoms with Crippen LogP contribution in [0.3, 0.4) is 0 Å². The van der Waals surface area contributed by atoms with Crippen molar-refractivity contribution in [3.05, 3.63) is 60.4 Å². The molecule has 140 valence electrons. The molecule has 0 spiro atoms. The molecule has 0 aliphatic heterocycles. The van der Waals surface area contributed by atoms with Crippen LogP contribution in [0.4, 0.5) is 22.0 Å². The summed E-state index contributed by atoms with van der Waals surface area (Å²) in [5.41, 5.74) is 12.2. The lowest BCUT2D eigenvalue weighted by Crippen LogP contribution is -2.31. The number of nitrogens with two attached hydrogens (primary N) is 2. The summed E-state index contributed by atoms with van der Waals surface area (Å²) in [6, 6.07) is 15.1. The van der Waals surface area contributed by atoms with E-state index >= 15 is 0 Å². The lowest BCUT2D eigenvalue weighted by atomic mass is 9.93. The number of carbonyl (C=O) groups excluding carboxylic acids is 1. The molecule has 0 bridgehead atoms. The lowest BCUT2D eigenvalue weighted by Gasteiger charge is -2.17. The largest absolute Gasteiger partial charge is 0.457 e. The quantitative estimate of drug-likeness (QED) is 0.658. The molecule has 27 heavy (non-hydrogen) atoms. The summed E-state index contributed by atoms with van der Waals surface area (Å²) >= 11 is 0. The van der Waals surface area contributed by atoms with Crippen LogP contribution in [0.15, 0.2) is 59.1 Å². The highest BCUT2D eigenvalue weighted by molar-refractivity contribution is 5.97. The monoisotopic (exact) mass is 366 g/mol. The van der Waals surface area contributed by atoms with Crippen LogP contribution in [0, 0.1) is 0 Å². The summed E-state index contributed by atoms with van der Waals surface area (Å²) in [4.78, 5) is 13.3. The van der Waals surface area contributed by atoms with Crippen molar-refractivity contribution in [1.29, 1.82) is 0 Å². The number of anilines is 3. The van der Waals surface area contributed by atoms with Crippen LogP contribution < -0.4 is 21.1 Å². The zero-order valence-electron chi connectivity index (χ0n) is 15.5. The Morgan fingerprint density at radius 2 is 1.59 bits per heavy atom. The number of aromatic nitrogens is 1. The Labute approximate surface area is 157 Å². The Balaban J connectivity index is 1.83. The summed E-state index contributed by atoms with van der Waals surface area (Å²) in [6.07, 6.45) is 0. The summed E-state index contributed by atoms with van der Waals surface area (Å²) in [5, 5.41) is 3.99. The third-order valence-electron chi connectivity index (χ3n) is 3.90. The number of carbonyl (C=O) groups is 1. The average Bonchev–Trinajstić information content (AvgIpc) is 3.08. The van der Waals surface area contributed by atoms with Gasteiger partial charge in [0.05, 0.1) is 5.69 Å². The maximum Gasteiger partial charge on any atom is 0.325 e. The first kappa shape index (κ1) is 18.3. The number of benzene rings is 2. The van der Waals surface area contributed by atoms with Gasteiger partial charge >= 0.3 is 6.03 Å². The smallest absolute Gasteiger partial charge is 0.325 e. The maximum absolute atomic E-state index is 12.0. The van der Waals surface area contributed by atoms with Gasteiger partial charge in [-0.3, -0.25) is 0 Å². The molecule has 2 aromatic carbocycles. The van der Waals surface area contributed by atoms with E-state index in [1.807, 2.05) is 20.8 Å². The molecule has 3 aromatic rings. The number of nitrogen functional groups attached to an aromatic ring is 1. The minimum absolute atomic E-state index is 0.231. The molecule has 0 unspecified atom stereocenters. The van der Waals surface area contributed by atoms with Gasteiger partial charge < -0.3 is 20.7 Å². The van der Waals surface area contributed by atoms with Gasteiger partial charge in [0.25, 0.3) is 0 Å². The number of ether oxygens (including phenoxy) is 1. The van der Waals surface area contributed by atoms with Crippen LogP contribution in [0.5, 0.6) is 11.5 Å². The number of rotatable bonds is 4. The predicted octanol–water partition coefficient (Wildman–Crippen LogP) is 4.56. The first-order valence-corrected chi connectivity index (χ1v) is 8.44. The molecule has 0 saturated heterocycles. The second-order valence-corrected chi connectivity index (χ2v) is 7.14. The first-order valence-electron chi connectivity index (χ1n) is 8.44. The minimum atomic E-state index is -0.657. The molecule has 0 radical (unpaired) electrons. The fraction of sp³-hybridized carbons (Fsp3) is 0.200. The number of hydrogen-bond acceptors (Lipinski definition) is 5. The average molecular weight is 366 g/mol. The standard InChI is InChI=1S/C20H22N4O3/c1-20(2,3)17-12-18(23-27-17)24(19(22)25)14-6-10-16(11-7-14)26-15-8-4-13(21)5-9-15/h4-12H,21H2,1-3H3,(H2,22,25). The van der Waals surface area contributed by atoms with Crippen molar-refractivity contribution in [2.45, 2.75) is 26.2 Å². The molecule has 2 amide bonds. The van der Waals surface area contributed by atoms with Crippen molar-refractivity contribution in [1.82, 2.24) is 5.16 Å². The molecule has 0 aliphatic rings. The van der Waals surface area contributed by atoms with E-state index in [0.29, 0.717) is 34.5 Å². The van der Waals surface area contributed by atoms with Crippen molar-refractivity contribution in [3.63, 3.8) is 0 Å². The maximum atomic E-state index is 12.0.